The molecular formula is C16H27NO4. The molecule has 1 N–H and O–H groups in total. The summed E-state index contributed by atoms with van der Waals surface area (Å²) in [5.74, 6) is 2.14. The first-order valence-corrected chi connectivity index (χ1v) is 7.31. The van der Waals surface area contributed by atoms with Crippen LogP contribution in [0.2, 0.25) is 0 Å². The van der Waals surface area contributed by atoms with Gasteiger partial charge in [-0.2, -0.15) is 0 Å². The van der Waals surface area contributed by atoms with Gasteiger partial charge in [0.25, 0.3) is 0 Å². The summed E-state index contributed by atoms with van der Waals surface area (Å²) >= 11 is 0. The van der Waals surface area contributed by atoms with Crippen molar-refractivity contribution < 1.29 is 19.1 Å². The summed E-state index contributed by atoms with van der Waals surface area (Å²) < 4.78 is 9.85. The van der Waals surface area contributed by atoms with Crippen LogP contribution < -0.4 is 5.32 Å². The highest BCUT2D eigenvalue weighted by molar-refractivity contribution is 5.81. The van der Waals surface area contributed by atoms with Crippen molar-refractivity contribution in [1.29, 1.82) is 0 Å². The van der Waals surface area contributed by atoms with E-state index in [1.807, 2.05) is 0 Å². The molecule has 0 rings (SSSR count). The second-order valence-electron chi connectivity index (χ2n) is 5.88. The van der Waals surface area contributed by atoms with Crippen molar-refractivity contribution in [2.24, 2.45) is 0 Å². The average Bonchev–Trinajstić information content (AvgIpc) is 2.38. The minimum absolute atomic E-state index is 0.454. The Morgan fingerprint density at radius 3 is 2.33 bits per heavy atom. The van der Waals surface area contributed by atoms with E-state index in [0.717, 1.165) is 32.1 Å². The molecule has 0 heterocycles. The standard InChI is InChI=1S/C16H27NO4/c1-6-7-8-9-10-11-12-13(14(18)20-5)17-15(19)21-16(2,3)4/h1,13H,7-12H2,2-5H3,(H,17,19). The third-order valence-electron chi connectivity index (χ3n) is 2.74. The first-order chi connectivity index (χ1) is 9.80. The molecule has 0 aliphatic rings. The van der Waals surface area contributed by atoms with E-state index < -0.39 is 23.7 Å². The first kappa shape index (κ1) is 19.3. The lowest BCUT2D eigenvalue weighted by atomic mass is 10.1. The zero-order valence-electron chi connectivity index (χ0n) is 13.5. The van der Waals surface area contributed by atoms with E-state index in [-0.39, 0.29) is 0 Å². The van der Waals surface area contributed by atoms with E-state index in [0.29, 0.717) is 6.42 Å². The fourth-order valence-corrected chi connectivity index (χ4v) is 1.77. The first-order valence-electron chi connectivity index (χ1n) is 7.31. The summed E-state index contributed by atoms with van der Waals surface area (Å²) in [7, 11) is 1.30. The van der Waals surface area contributed by atoms with E-state index in [1.165, 1.54) is 7.11 Å². The van der Waals surface area contributed by atoms with Gasteiger partial charge in [-0.3, -0.25) is 0 Å². The Morgan fingerprint density at radius 1 is 1.19 bits per heavy atom. The zero-order valence-corrected chi connectivity index (χ0v) is 13.5. The molecule has 5 heteroatoms. The lowest BCUT2D eigenvalue weighted by Gasteiger charge is -2.22. The fourth-order valence-electron chi connectivity index (χ4n) is 1.77. The SMILES string of the molecule is C#CCCCCCCC(NC(=O)OC(C)(C)C)C(=O)OC. The number of amides is 1. The van der Waals surface area contributed by atoms with Gasteiger partial charge in [0.05, 0.1) is 7.11 Å². The van der Waals surface area contributed by atoms with Crippen molar-refractivity contribution in [2.45, 2.75) is 70.9 Å². The zero-order chi connectivity index (χ0) is 16.3. The molecule has 0 aliphatic heterocycles. The van der Waals surface area contributed by atoms with Crippen molar-refractivity contribution in [3.05, 3.63) is 0 Å². The largest absolute Gasteiger partial charge is 0.467 e. The monoisotopic (exact) mass is 297 g/mol. The quantitative estimate of drug-likeness (QED) is 0.425. The van der Waals surface area contributed by atoms with Crippen molar-refractivity contribution in [3.63, 3.8) is 0 Å². The van der Waals surface area contributed by atoms with E-state index >= 15 is 0 Å². The van der Waals surface area contributed by atoms with Crippen LogP contribution in [0.15, 0.2) is 0 Å². The number of unbranched alkanes of at least 4 members (excludes halogenated alkanes) is 4. The molecule has 120 valence electrons. The van der Waals surface area contributed by atoms with Gasteiger partial charge in [-0.1, -0.05) is 19.3 Å². The number of rotatable bonds is 8. The van der Waals surface area contributed by atoms with Gasteiger partial charge in [0.2, 0.25) is 0 Å². The smallest absolute Gasteiger partial charge is 0.408 e. The summed E-state index contributed by atoms with van der Waals surface area (Å²) in [6.45, 7) is 5.31. The van der Waals surface area contributed by atoms with Gasteiger partial charge in [-0.25, -0.2) is 9.59 Å². The van der Waals surface area contributed by atoms with Gasteiger partial charge >= 0.3 is 12.1 Å². The topological polar surface area (TPSA) is 64.6 Å². The van der Waals surface area contributed by atoms with Gasteiger partial charge in [0.1, 0.15) is 11.6 Å². The molecule has 0 aromatic carbocycles. The second kappa shape index (κ2) is 10.1. The minimum atomic E-state index is -0.669. The van der Waals surface area contributed by atoms with Crippen LogP contribution in [-0.4, -0.2) is 30.8 Å². The van der Waals surface area contributed by atoms with Crippen molar-refractivity contribution in [3.8, 4) is 12.3 Å². The van der Waals surface area contributed by atoms with Crippen molar-refractivity contribution in [1.82, 2.24) is 5.32 Å². The molecule has 0 aliphatic carbocycles. The lowest BCUT2D eigenvalue weighted by Crippen LogP contribution is -2.44. The minimum Gasteiger partial charge on any atom is -0.467 e. The molecule has 5 nitrogen and oxygen atoms in total. The predicted octanol–water partition coefficient (Wildman–Crippen LogP) is 3.03. The molecule has 0 spiro atoms. The highest BCUT2D eigenvalue weighted by Gasteiger charge is 2.24. The molecular weight excluding hydrogens is 270 g/mol. The summed E-state index contributed by atoms with van der Waals surface area (Å²) in [6, 6.07) is -0.669. The number of hydrogen-bond acceptors (Lipinski definition) is 4. The van der Waals surface area contributed by atoms with Crippen LogP contribution in [0.5, 0.6) is 0 Å². The van der Waals surface area contributed by atoms with E-state index in [4.69, 9.17) is 15.9 Å². The molecule has 1 unspecified atom stereocenters. The van der Waals surface area contributed by atoms with E-state index in [2.05, 4.69) is 11.2 Å². The molecule has 0 bridgehead atoms. The molecule has 0 radical (unpaired) electrons. The number of carbonyl (C=O) groups is 2. The van der Waals surface area contributed by atoms with Gasteiger partial charge < -0.3 is 14.8 Å². The van der Waals surface area contributed by atoms with Crippen molar-refractivity contribution >= 4 is 12.1 Å². The van der Waals surface area contributed by atoms with E-state index in [1.54, 1.807) is 20.8 Å². The highest BCUT2D eigenvalue weighted by Crippen LogP contribution is 2.10. The van der Waals surface area contributed by atoms with Gasteiger partial charge in [0, 0.05) is 6.42 Å². The summed E-state index contributed by atoms with van der Waals surface area (Å²) in [4.78, 5) is 23.4. The fraction of sp³-hybridized carbons (Fsp3) is 0.750. The highest BCUT2D eigenvalue weighted by atomic mass is 16.6. The van der Waals surface area contributed by atoms with E-state index in [9.17, 15) is 9.59 Å². The number of ether oxygens (including phenoxy) is 2. The number of nitrogens with one attached hydrogen (secondary N) is 1. The van der Waals surface area contributed by atoms with Crippen LogP contribution in [0.3, 0.4) is 0 Å². The van der Waals surface area contributed by atoms with Crippen molar-refractivity contribution in [2.75, 3.05) is 7.11 Å². The van der Waals surface area contributed by atoms with Crippen LogP contribution in [0.1, 0.15) is 59.3 Å². The Labute approximate surface area is 127 Å². The third kappa shape index (κ3) is 10.7. The predicted molar refractivity (Wildman–Crippen MR) is 81.7 cm³/mol. The molecule has 21 heavy (non-hydrogen) atoms. The Bertz CT molecular complexity index is 365. The Hall–Kier alpha value is -1.70. The maximum atomic E-state index is 11.7. The lowest BCUT2D eigenvalue weighted by molar-refractivity contribution is -0.143. The number of carbonyl (C=O) groups excluding carboxylic acids is 2. The van der Waals surface area contributed by atoms with Crippen LogP contribution in [0, 0.1) is 12.3 Å². The normalized spacial score (nSPS) is 12.1. The summed E-state index contributed by atoms with van der Waals surface area (Å²) in [6.07, 6.45) is 9.67. The number of alkyl carbamates (subject to hydrolysis) is 1. The summed E-state index contributed by atoms with van der Waals surface area (Å²) in [5, 5.41) is 2.56. The summed E-state index contributed by atoms with van der Waals surface area (Å²) in [5.41, 5.74) is -0.597. The maximum absolute atomic E-state index is 11.7. The van der Waals surface area contributed by atoms with Crippen LogP contribution in [-0.2, 0) is 14.3 Å². The molecule has 1 amide bonds. The number of methoxy groups -OCH3 is 1. The second-order valence-corrected chi connectivity index (χ2v) is 5.88. The van der Waals surface area contributed by atoms with Crippen LogP contribution in [0.4, 0.5) is 4.79 Å². The van der Waals surface area contributed by atoms with Gasteiger partial charge in [-0.15, -0.1) is 12.3 Å². The van der Waals surface area contributed by atoms with Crippen LogP contribution >= 0.6 is 0 Å². The van der Waals surface area contributed by atoms with Gasteiger partial charge in [-0.05, 0) is 33.6 Å². The third-order valence-corrected chi connectivity index (χ3v) is 2.74. The number of hydrogen-bond donors (Lipinski definition) is 1. The van der Waals surface area contributed by atoms with Gasteiger partial charge in [0.15, 0.2) is 0 Å². The Balaban J connectivity index is 4.19. The molecule has 0 saturated carbocycles. The molecule has 0 fully saturated rings. The van der Waals surface area contributed by atoms with Crippen LogP contribution in [0.25, 0.3) is 0 Å². The average molecular weight is 297 g/mol. The Morgan fingerprint density at radius 2 is 1.81 bits per heavy atom. The molecule has 0 aromatic rings. The molecule has 0 aromatic heterocycles. The molecule has 1 atom stereocenters. The Kier molecular flexibility index (Phi) is 9.27. The number of terminal acetylenes is 1. The number of esters is 1. The molecule has 0 saturated heterocycles. The maximum Gasteiger partial charge on any atom is 0.408 e.